The summed E-state index contributed by atoms with van der Waals surface area (Å²) < 4.78 is 1.03. The van der Waals surface area contributed by atoms with E-state index in [2.05, 4.69) is 49.2 Å². The number of nitrogens with zero attached hydrogens (tertiary/aromatic N) is 5. The number of rotatable bonds is 37. The Bertz CT molecular complexity index is 2410. The summed E-state index contributed by atoms with van der Waals surface area (Å²) in [7, 11) is 0. The van der Waals surface area contributed by atoms with Crippen molar-refractivity contribution < 1.29 is 83.4 Å². The van der Waals surface area contributed by atoms with Crippen LogP contribution in [0, 0.1) is 3.57 Å². The molecule has 27 nitrogen and oxygen atoms in total. The molecule has 2 aromatic carbocycles. The Labute approximate surface area is 496 Å². The van der Waals surface area contributed by atoms with Crippen LogP contribution in [0.3, 0.4) is 0 Å². The van der Waals surface area contributed by atoms with E-state index < -0.39 is 60.4 Å². The number of amides is 6. The minimum absolute atomic E-state index is 0.00429. The average Bonchev–Trinajstić information content (AvgIpc) is 3.48. The zero-order valence-corrected chi connectivity index (χ0v) is 48.9. The molecule has 1 saturated heterocycles. The predicted molar refractivity (Wildman–Crippen MR) is 309 cm³/mol. The Balaban J connectivity index is 1.33. The third-order valence-electron chi connectivity index (χ3n) is 13.5. The maximum atomic E-state index is 13.4. The fourth-order valence-electron chi connectivity index (χ4n) is 8.86. The molecule has 6 amide bonds. The minimum atomic E-state index is -1.52. The fraction of sp³-hybridized carbons (Fsp3) is 0.582. The molecule has 0 aromatic heterocycles. The lowest BCUT2D eigenvalue weighted by atomic mass is 10.1. The van der Waals surface area contributed by atoms with Gasteiger partial charge in [0.2, 0.25) is 17.7 Å². The molecule has 460 valence electrons. The van der Waals surface area contributed by atoms with Crippen LogP contribution in [0.15, 0.2) is 48.5 Å². The SMILES string of the molecule is O=C(O)CC[C@H](NC(=O)N[C@@H](CCCCN(Cc1ccc(I)cc1)C(=O)CCCCCCC(=O)NCCCCNC(=O)c1ccc(CNC(=O)CN2CCN(CC(=O)O)CCN(CC(=O)O)CCN(CC(=O)O)CC2)cc1)C(=O)O)C(=O)O. The molecule has 0 aliphatic carbocycles. The van der Waals surface area contributed by atoms with E-state index in [-0.39, 0.29) is 115 Å². The smallest absolute Gasteiger partial charge is 0.326 e. The van der Waals surface area contributed by atoms with Gasteiger partial charge < -0.3 is 62.1 Å². The number of carboxylic acid groups (broad SMARTS) is 6. The monoisotopic (exact) mass is 1280 g/mol. The molecule has 83 heavy (non-hydrogen) atoms. The fourth-order valence-corrected chi connectivity index (χ4v) is 9.22. The first-order valence-corrected chi connectivity index (χ1v) is 28.9. The molecule has 0 bridgehead atoms. The molecule has 1 aliphatic rings. The summed E-state index contributed by atoms with van der Waals surface area (Å²) >= 11 is 2.19. The van der Waals surface area contributed by atoms with Gasteiger partial charge in [-0.25, -0.2) is 14.4 Å². The number of urea groups is 1. The highest BCUT2D eigenvalue weighted by Crippen LogP contribution is 2.15. The molecule has 0 radical (unpaired) electrons. The minimum Gasteiger partial charge on any atom is -0.481 e. The number of carboxylic acids is 6. The maximum absolute atomic E-state index is 13.4. The summed E-state index contributed by atoms with van der Waals surface area (Å²) in [4.78, 5) is 142. The lowest BCUT2D eigenvalue weighted by molar-refractivity contribution is -0.141. The zero-order chi connectivity index (χ0) is 61.1. The van der Waals surface area contributed by atoms with Crippen LogP contribution >= 0.6 is 22.6 Å². The molecule has 28 heteroatoms. The molecule has 1 fully saturated rings. The number of hydrogen-bond acceptors (Lipinski definition) is 15. The van der Waals surface area contributed by atoms with Crippen molar-refractivity contribution in [2.45, 2.75) is 109 Å². The van der Waals surface area contributed by atoms with Crippen molar-refractivity contribution in [1.82, 2.24) is 51.1 Å². The van der Waals surface area contributed by atoms with Gasteiger partial charge in [-0.3, -0.25) is 58.0 Å². The number of aliphatic carboxylic acids is 6. The Hall–Kier alpha value is -7.02. The van der Waals surface area contributed by atoms with Gasteiger partial charge in [-0.1, -0.05) is 37.1 Å². The number of halogens is 1. The topological polar surface area (TPSA) is 386 Å². The molecule has 0 spiro atoms. The highest BCUT2D eigenvalue weighted by Gasteiger charge is 2.26. The van der Waals surface area contributed by atoms with Gasteiger partial charge in [0.05, 0.1) is 26.2 Å². The first kappa shape index (κ1) is 70.2. The van der Waals surface area contributed by atoms with Crippen molar-refractivity contribution >= 4 is 88.1 Å². The molecule has 0 saturated carbocycles. The van der Waals surface area contributed by atoms with Gasteiger partial charge in [-0.2, -0.15) is 0 Å². The molecule has 11 N–H and O–H groups in total. The van der Waals surface area contributed by atoms with Crippen molar-refractivity contribution in [2.75, 3.05) is 98.2 Å². The molecule has 1 aliphatic heterocycles. The van der Waals surface area contributed by atoms with Crippen LogP contribution in [-0.2, 0) is 56.2 Å². The number of benzene rings is 2. The van der Waals surface area contributed by atoms with Gasteiger partial charge in [0.1, 0.15) is 12.1 Å². The summed E-state index contributed by atoms with van der Waals surface area (Å²) in [6, 6.07) is 10.5. The van der Waals surface area contributed by atoms with Gasteiger partial charge in [-0.15, -0.1) is 0 Å². The van der Waals surface area contributed by atoms with Crippen molar-refractivity contribution in [2.24, 2.45) is 0 Å². The number of hydrogen-bond donors (Lipinski definition) is 11. The third-order valence-corrected chi connectivity index (χ3v) is 14.2. The van der Waals surface area contributed by atoms with Crippen LogP contribution in [0.25, 0.3) is 0 Å². The largest absolute Gasteiger partial charge is 0.481 e. The summed E-state index contributed by atoms with van der Waals surface area (Å²) in [6.07, 6.45) is 4.38. The molecular weight excluding hydrogens is 1200 g/mol. The Morgan fingerprint density at radius 2 is 0.940 bits per heavy atom. The van der Waals surface area contributed by atoms with Gasteiger partial charge in [0.15, 0.2) is 0 Å². The molecule has 3 rings (SSSR count). The predicted octanol–water partition coefficient (Wildman–Crippen LogP) is 1.62. The van der Waals surface area contributed by atoms with E-state index in [1.54, 1.807) is 43.9 Å². The van der Waals surface area contributed by atoms with Crippen LogP contribution in [0.1, 0.15) is 105 Å². The van der Waals surface area contributed by atoms with Crippen LogP contribution in [0.4, 0.5) is 4.79 Å². The lowest BCUT2D eigenvalue weighted by Gasteiger charge is -2.32. The number of carbonyl (C=O) groups is 11. The number of nitrogens with one attached hydrogen (secondary N) is 5. The molecule has 2 aromatic rings. The number of carbonyl (C=O) groups excluding carboxylic acids is 5. The van der Waals surface area contributed by atoms with E-state index in [1.807, 2.05) is 29.2 Å². The summed E-state index contributed by atoms with van der Waals surface area (Å²) in [5.74, 6) is -7.95. The second kappa shape index (κ2) is 39.5. The van der Waals surface area contributed by atoms with Crippen molar-refractivity contribution in [1.29, 1.82) is 0 Å². The summed E-state index contributed by atoms with van der Waals surface area (Å²) in [6.45, 7) is 3.01. The average molecular weight is 1280 g/mol. The molecular formula is C55H81IN10O17. The Morgan fingerprint density at radius 3 is 1.43 bits per heavy atom. The highest BCUT2D eigenvalue weighted by molar-refractivity contribution is 14.1. The van der Waals surface area contributed by atoms with E-state index in [4.69, 9.17) is 5.11 Å². The standard InChI is InChI=1S/C55H81IN10O17/c56-42-18-14-40(15-19-42)34-66(24-8-5-9-43(53(79)80)60-55(83)61-44(54(81)82)20-21-48(70)71)47(69)11-4-2-1-3-10-45(67)57-22-6-7-23-58-52(78)41-16-12-39(13-17-41)33-59-46(68)35-62-25-27-63(36-49(72)73)29-31-65(38-51(76)77)32-30-64(28-26-62)37-50(74)75/h12-19,43-44H,1-11,20-38H2,(H,57,67)(H,58,78)(H,59,68)(H,70,71)(H,72,73)(H,74,75)(H,76,77)(H,79,80)(H,81,82)(H2,60,61,83)/t43-,44-/m0/s1. The van der Waals surface area contributed by atoms with Gasteiger partial charge in [-0.05, 0) is 109 Å². The first-order valence-electron chi connectivity index (χ1n) is 27.8. The molecule has 0 unspecified atom stereocenters. The highest BCUT2D eigenvalue weighted by atomic mass is 127. The van der Waals surface area contributed by atoms with E-state index in [0.29, 0.717) is 89.8 Å². The van der Waals surface area contributed by atoms with Crippen LogP contribution in [-0.4, -0.2) is 231 Å². The normalized spacial score (nSPS) is 14.6. The van der Waals surface area contributed by atoms with Crippen molar-refractivity contribution in [3.8, 4) is 0 Å². The first-order chi connectivity index (χ1) is 39.6. The second-order valence-corrected chi connectivity index (χ2v) is 21.5. The molecule has 2 atom stereocenters. The zero-order valence-electron chi connectivity index (χ0n) is 46.8. The quantitative estimate of drug-likeness (QED) is 0.0338. The Kier molecular flexibility index (Phi) is 33.4. The van der Waals surface area contributed by atoms with E-state index >= 15 is 0 Å². The van der Waals surface area contributed by atoms with Crippen molar-refractivity contribution in [3.05, 3.63) is 68.8 Å². The Morgan fingerprint density at radius 1 is 0.470 bits per heavy atom. The summed E-state index contributed by atoms with van der Waals surface area (Å²) in [5.41, 5.74) is 2.08. The number of unbranched alkanes of at least 4 members (excludes halogenated alkanes) is 5. The van der Waals surface area contributed by atoms with E-state index in [1.165, 1.54) is 0 Å². The lowest BCUT2D eigenvalue weighted by Crippen LogP contribution is -2.51. The van der Waals surface area contributed by atoms with Crippen LogP contribution in [0.5, 0.6) is 0 Å². The van der Waals surface area contributed by atoms with Gasteiger partial charge in [0.25, 0.3) is 5.91 Å². The van der Waals surface area contributed by atoms with Crippen LogP contribution in [0.2, 0.25) is 0 Å². The van der Waals surface area contributed by atoms with Gasteiger partial charge >= 0.3 is 41.8 Å². The third kappa shape index (κ3) is 31.8. The maximum Gasteiger partial charge on any atom is 0.326 e. The molecule has 1 heterocycles. The second-order valence-electron chi connectivity index (χ2n) is 20.3. The van der Waals surface area contributed by atoms with Crippen LogP contribution < -0.4 is 26.6 Å². The van der Waals surface area contributed by atoms with E-state index in [0.717, 1.165) is 27.5 Å². The van der Waals surface area contributed by atoms with Crippen molar-refractivity contribution in [3.63, 3.8) is 0 Å². The summed E-state index contributed by atoms with van der Waals surface area (Å²) in [5, 5.41) is 69.2. The van der Waals surface area contributed by atoms with E-state index in [9.17, 15) is 78.3 Å². The van der Waals surface area contributed by atoms with Gasteiger partial charge in [0, 0.05) is 113 Å².